The molecule has 0 N–H and O–H groups in total. The molecule has 2 unspecified atom stereocenters. The molecule has 0 bridgehead atoms. The Hall–Kier alpha value is -2.17. The van der Waals surface area contributed by atoms with Gasteiger partial charge in [-0.25, -0.2) is 0 Å². The van der Waals surface area contributed by atoms with Gasteiger partial charge in [0, 0.05) is 0 Å². The number of imide groups is 1. The van der Waals surface area contributed by atoms with Crippen molar-refractivity contribution in [3.05, 3.63) is 35.4 Å². The summed E-state index contributed by atoms with van der Waals surface area (Å²) in [5.74, 6) is -1.40. The molecule has 1 saturated heterocycles. The first-order chi connectivity index (χ1) is 12.3. The van der Waals surface area contributed by atoms with Crippen molar-refractivity contribution in [3.63, 3.8) is 0 Å². The van der Waals surface area contributed by atoms with E-state index in [4.69, 9.17) is 4.74 Å². The summed E-state index contributed by atoms with van der Waals surface area (Å²) in [5, 5.41) is 0. The van der Waals surface area contributed by atoms with Crippen LogP contribution >= 0.6 is 0 Å². The first-order valence-corrected chi connectivity index (χ1v) is 9.37. The average molecular weight is 357 g/mol. The predicted molar refractivity (Wildman–Crippen MR) is 97.1 cm³/mol. The first kappa shape index (κ1) is 18.6. The molecule has 2 aliphatic rings. The second-order valence-electron chi connectivity index (χ2n) is 8.37. The van der Waals surface area contributed by atoms with Gasteiger partial charge in [0.05, 0.1) is 11.8 Å². The van der Waals surface area contributed by atoms with Crippen molar-refractivity contribution in [1.82, 2.24) is 4.90 Å². The number of fused-ring (bicyclic) bond motifs is 1. The summed E-state index contributed by atoms with van der Waals surface area (Å²) in [7, 11) is 0. The summed E-state index contributed by atoms with van der Waals surface area (Å²) in [4.78, 5) is 38.0. The van der Waals surface area contributed by atoms with Crippen molar-refractivity contribution in [2.45, 2.75) is 58.5 Å². The molecule has 3 rings (SSSR count). The number of hydrogen-bond acceptors (Lipinski definition) is 4. The summed E-state index contributed by atoms with van der Waals surface area (Å²) in [5.41, 5.74) is 2.17. The van der Waals surface area contributed by atoms with Gasteiger partial charge in [-0.2, -0.15) is 0 Å². The molecule has 26 heavy (non-hydrogen) atoms. The minimum absolute atomic E-state index is 0.0719. The van der Waals surface area contributed by atoms with Crippen LogP contribution in [0.1, 0.15) is 57.6 Å². The lowest BCUT2D eigenvalue weighted by molar-refractivity contribution is -0.153. The average Bonchev–Trinajstić information content (AvgIpc) is 2.85. The van der Waals surface area contributed by atoms with Crippen molar-refractivity contribution in [2.75, 3.05) is 6.54 Å². The fourth-order valence-corrected chi connectivity index (χ4v) is 3.83. The number of amides is 2. The summed E-state index contributed by atoms with van der Waals surface area (Å²) in [6.07, 6.45) is 3.45. The van der Waals surface area contributed by atoms with Crippen LogP contribution < -0.4 is 0 Å². The fourth-order valence-electron chi connectivity index (χ4n) is 3.83. The van der Waals surface area contributed by atoms with E-state index < -0.39 is 5.97 Å². The third-order valence-electron chi connectivity index (χ3n) is 5.44. The smallest absolute Gasteiger partial charge is 0.326 e. The van der Waals surface area contributed by atoms with Crippen molar-refractivity contribution < 1.29 is 19.1 Å². The lowest BCUT2D eigenvalue weighted by Gasteiger charge is -2.19. The molecule has 5 heteroatoms. The zero-order chi connectivity index (χ0) is 18.9. The second kappa shape index (κ2) is 7.22. The quantitative estimate of drug-likeness (QED) is 0.613. The lowest BCUT2D eigenvalue weighted by Crippen LogP contribution is -2.36. The standard InChI is InChI=1S/C21H27NO4/c1-21(2,3)15-10-8-14(9-11-15)13-26-18(23)12-22-19(24)16-6-4-5-7-17(16)20(22)25/h8-11,16-17H,4-7,12-13H2,1-3H3. The molecule has 0 aromatic heterocycles. The van der Waals surface area contributed by atoms with E-state index in [1.807, 2.05) is 24.3 Å². The Kier molecular flexibility index (Phi) is 5.17. The van der Waals surface area contributed by atoms with Gasteiger partial charge in [-0.05, 0) is 29.4 Å². The normalized spacial score (nSPS) is 23.1. The molecule has 1 saturated carbocycles. The predicted octanol–water partition coefficient (Wildman–Crippen LogP) is 3.20. The Morgan fingerprint density at radius 3 is 2.08 bits per heavy atom. The van der Waals surface area contributed by atoms with Crippen LogP contribution in [0.2, 0.25) is 0 Å². The fraction of sp³-hybridized carbons (Fsp3) is 0.571. The van der Waals surface area contributed by atoms with Crippen molar-refractivity contribution in [3.8, 4) is 0 Å². The van der Waals surface area contributed by atoms with Crippen LogP contribution in [0.3, 0.4) is 0 Å². The van der Waals surface area contributed by atoms with Gasteiger partial charge >= 0.3 is 5.97 Å². The summed E-state index contributed by atoms with van der Waals surface area (Å²) in [6.45, 7) is 6.30. The van der Waals surface area contributed by atoms with E-state index in [1.54, 1.807) is 0 Å². The van der Waals surface area contributed by atoms with Crippen molar-refractivity contribution in [1.29, 1.82) is 0 Å². The molecule has 2 fully saturated rings. The molecular formula is C21H27NO4. The Labute approximate surface area is 154 Å². The highest BCUT2D eigenvalue weighted by atomic mass is 16.5. The van der Waals surface area contributed by atoms with Crippen molar-refractivity contribution >= 4 is 17.8 Å². The summed E-state index contributed by atoms with van der Waals surface area (Å²) < 4.78 is 5.28. The van der Waals surface area contributed by atoms with Crippen LogP contribution in [-0.4, -0.2) is 29.2 Å². The largest absolute Gasteiger partial charge is 0.459 e. The maximum atomic E-state index is 12.4. The van der Waals surface area contributed by atoms with Gasteiger partial charge in [-0.15, -0.1) is 0 Å². The first-order valence-electron chi connectivity index (χ1n) is 9.37. The van der Waals surface area contributed by atoms with E-state index in [0.717, 1.165) is 36.1 Å². The third kappa shape index (κ3) is 3.81. The van der Waals surface area contributed by atoms with Gasteiger partial charge in [0.1, 0.15) is 13.2 Å². The zero-order valence-corrected chi connectivity index (χ0v) is 15.8. The number of hydrogen-bond donors (Lipinski definition) is 0. The second-order valence-corrected chi connectivity index (χ2v) is 8.37. The Morgan fingerprint density at radius 1 is 1.04 bits per heavy atom. The summed E-state index contributed by atoms with van der Waals surface area (Å²) >= 11 is 0. The van der Waals surface area contributed by atoms with Gasteiger partial charge in [-0.1, -0.05) is 57.9 Å². The van der Waals surface area contributed by atoms with E-state index >= 15 is 0 Å². The van der Waals surface area contributed by atoms with Gasteiger partial charge in [0.25, 0.3) is 0 Å². The minimum Gasteiger partial charge on any atom is -0.459 e. The molecule has 2 atom stereocenters. The SMILES string of the molecule is CC(C)(C)c1ccc(COC(=O)CN2C(=O)C3CCCCC3C2=O)cc1. The topological polar surface area (TPSA) is 63.7 Å². The maximum Gasteiger partial charge on any atom is 0.326 e. The highest BCUT2D eigenvalue weighted by molar-refractivity contribution is 6.07. The van der Waals surface area contributed by atoms with Crippen LogP contribution in [0, 0.1) is 11.8 Å². The zero-order valence-electron chi connectivity index (χ0n) is 15.8. The Morgan fingerprint density at radius 2 is 1.58 bits per heavy atom. The number of likely N-dealkylation sites (tertiary alicyclic amines) is 1. The van der Waals surface area contributed by atoms with E-state index in [1.165, 1.54) is 5.56 Å². The van der Waals surface area contributed by atoms with Crippen LogP contribution in [0.5, 0.6) is 0 Å². The van der Waals surface area contributed by atoms with E-state index in [0.29, 0.717) is 0 Å². The molecule has 1 aromatic carbocycles. The van der Waals surface area contributed by atoms with Gasteiger partial charge in [0.2, 0.25) is 11.8 Å². The number of carbonyl (C=O) groups is 3. The van der Waals surface area contributed by atoms with Crippen LogP contribution in [0.4, 0.5) is 0 Å². The lowest BCUT2D eigenvalue weighted by atomic mass is 9.81. The molecule has 0 spiro atoms. The summed E-state index contributed by atoms with van der Waals surface area (Å²) in [6, 6.07) is 7.94. The highest BCUT2D eigenvalue weighted by Crippen LogP contribution is 2.37. The highest BCUT2D eigenvalue weighted by Gasteiger charge is 2.48. The molecule has 1 aliphatic heterocycles. The molecule has 1 heterocycles. The Bertz CT molecular complexity index is 678. The number of carbonyl (C=O) groups excluding carboxylic acids is 3. The molecule has 0 radical (unpaired) electrons. The molecule has 2 amide bonds. The van der Waals surface area contributed by atoms with Gasteiger partial charge < -0.3 is 4.74 Å². The number of rotatable bonds is 4. The maximum absolute atomic E-state index is 12.4. The van der Waals surface area contributed by atoms with Gasteiger partial charge in [0.15, 0.2) is 0 Å². The van der Waals surface area contributed by atoms with Gasteiger partial charge in [-0.3, -0.25) is 19.3 Å². The number of benzene rings is 1. The van der Waals surface area contributed by atoms with E-state index in [-0.39, 0.29) is 42.2 Å². The monoisotopic (exact) mass is 357 g/mol. The van der Waals surface area contributed by atoms with E-state index in [2.05, 4.69) is 20.8 Å². The van der Waals surface area contributed by atoms with Crippen molar-refractivity contribution in [2.24, 2.45) is 11.8 Å². The Balaban J connectivity index is 1.54. The van der Waals surface area contributed by atoms with E-state index in [9.17, 15) is 14.4 Å². The molecule has 1 aromatic rings. The van der Waals surface area contributed by atoms with Crippen LogP contribution in [0.15, 0.2) is 24.3 Å². The van der Waals surface area contributed by atoms with Crippen LogP contribution in [-0.2, 0) is 31.1 Å². The third-order valence-corrected chi connectivity index (χ3v) is 5.44. The molecule has 1 aliphatic carbocycles. The molecular weight excluding hydrogens is 330 g/mol. The molecule has 140 valence electrons. The number of nitrogens with zero attached hydrogens (tertiary/aromatic N) is 1. The van der Waals surface area contributed by atoms with Crippen LogP contribution in [0.25, 0.3) is 0 Å². The minimum atomic E-state index is -0.537. The number of esters is 1. The number of ether oxygens (including phenoxy) is 1. The molecule has 5 nitrogen and oxygen atoms in total.